The average molecular weight is 588 g/mol. The van der Waals surface area contributed by atoms with Crippen LogP contribution in [0.4, 0.5) is 4.39 Å². The van der Waals surface area contributed by atoms with Crippen molar-refractivity contribution in [1.82, 2.24) is 44.8 Å². The van der Waals surface area contributed by atoms with Gasteiger partial charge in [0.05, 0.1) is 35.7 Å². The molecule has 1 fully saturated rings. The normalized spacial score (nSPS) is 14.1. The van der Waals surface area contributed by atoms with Crippen LogP contribution in [-0.4, -0.2) is 75.4 Å². The van der Waals surface area contributed by atoms with Gasteiger partial charge in [0.25, 0.3) is 0 Å². The quantitative estimate of drug-likeness (QED) is 0.281. The van der Waals surface area contributed by atoms with Crippen LogP contribution in [0.1, 0.15) is 37.1 Å². The third kappa shape index (κ3) is 5.55. The van der Waals surface area contributed by atoms with Crippen LogP contribution in [0.15, 0.2) is 42.7 Å². The van der Waals surface area contributed by atoms with E-state index in [1.54, 1.807) is 28.6 Å². The van der Waals surface area contributed by atoms with E-state index in [0.717, 1.165) is 16.6 Å². The van der Waals surface area contributed by atoms with Crippen LogP contribution in [0.2, 0.25) is 0 Å². The molecule has 43 heavy (non-hydrogen) atoms. The maximum absolute atomic E-state index is 15.6. The highest BCUT2D eigenvalue weighted by atomic mass is 19.1. The number of hydrogen-bond acceptors (Lipinski definition) is 7. The zero-order valence-corrected chi connectivity index (χ0v) is 23.7. The van der Waals surface area contributed by atoms with Crippen molar-refractivity contribution in [1.29, 1.82) is 0 Å². The number of hydrogen-bond donors (Lipinski definition) is 2. The zero-order valence-electron chi connectivity index (χ0n) is 23.7. The molecule has 13 nitrogen and oxygen atoms in total. The van der Waals surface area contributed by atoms with Crippen LogP contribution in [0, 0.1) is 5.82 Å². The molecule has 0 radical (unpaired) electrons. The van der Waals surface area contributed by atoms with Crippen molar-refractivity contribution in [2.75, 3.05) is 13.1 Å². The Labute approximate surface area is 244 Å². The molecule has 1 aliphatic heterocycles. The number of rotatable bonds is 8. The number of benzene rings is 2. The number of aryl methyl sites for hydroxylation is 1. The van der Waals surface area contributed by atoms with E-state index >= 15 is 4.39 Å². The maximum atomic E-state index is 15.6. The molecule has 0 bridgehead atoms. The largest absolute Gasteiger partial charge is 0.480 e. The molecule has 0 spiro atoms. The number of fused-ring (bicyclic) bond motifs is 2. The Morgan fingerprint density at radius 1 is 1.09 bits per heavy atom. The van der Waals surface area contributed by atoms with E-state index in [1.165, 1.54) is 16.9 Å². The van der Waals surface area contributed by atoms with Crippen molar-refractivity contribution < 1.29 is 23.9 Å². The van der Waals surface area contributed by atoms with Crippen molar-refractivity contribution in [3.8, 4) is 11.1 Å². The lowest BCUT2D eigenvalue weighted by Crippen LogP contribution is -2.36. The van der Waals surface area contributed by atoms with Gasteiger partial charge in [0, 0.05) is 49.3 Å². The van der Waals surface area contributed by atoms with Gasteiger partial charge < -0.3 is 15.3 Å². The Hall–Kier alpha value is -5.14. The van der Waals surface area contributed by atoms with Gasteiger partial charge in [-0.2, -0.15) is 10.2 Å². The van der Waals surface area contributed by atoms with E-state index in [9.17, 15) is 14.4 Å². The summed E-state index contributed by atoms with van der Waals surface area (Å²) in [7, 11) is 1.81. The first-order valence-corrected chi connectivity index (χ1v) is 13.9. The fourth-order valence-electron chi connectivity index (χ4n) is 5.75. The number of piperidine rings is 1. The standard InChI is InChI=1S/C29H30FN9O4/c1-17(40)37-8-6-18(7-9-37)29-28-21(22-11-25-19(10-23(22)30)12-32-36(25)2)4-3-5-24(28)39(34-29)15-26(41)31-13-20-14-38(35-33-20)16-27(42)43/h3-5,10-12,14,18H,6-9,13,15-16H2,1-2H3,(H,31,41)(H,42,43). The number of likely N-dealkylation sites (tertiary alicyclic amines) is 1. The van der Waals surface area contributed by atoms with Gasteiger partial charge in [0.15, 0.2) is 0 Å². The minimum Gasteiger partial charge on any atom is -0.480 e. The lowest BCUT2D eigenvalue weighted by molar-refractivity contribution is -0.138. The number of aliphatic carboxylic acids is 1. The molecule has 5 aromatic rings. The molecule has 0 saturated carbocycles. The first-order chi connectivity index (χ1) is 20.7. The van der Waals surface area contributed by atoms with Crippen LogP contribution in [0.25, 0.3) is 32.9 Å². The molecule has 4 heterocycles. The number of carbonyl (C=O) groups excluding carboxylic acids is 2. The van der Waals surface area contributed by atoms with E-state index in [0.29, 0.717) is 53.7 Å². The minimum atomic E-state index is -1.05. The fourth-order valence-corrected chi connectivity index (χ4v) is 5.75. The van der Waals surface area contributed by atoms with Gasteiger partial charge in [-0.3, -0.25) is 23.7 Å². The predicted molar refractivity (Wildman–Crippen MR) is 153 cm³/mol. The number of amides is 2. The minimum absolute atomic E-state index is 0.0105. The molecule has 6 rings (SSSR count). The highest BCUT2D eigenvalue weighted by molar-refractivity contribution is 6.00. The summed E-state index contributed by atoms with van der Waals surface area (Å²) in [6.07, 6.45) is 4.48. The third-order valence-corrected chi connectivity index (χ3v) is 7.90. The molecule has 0 atom stereocenters. The number of halogens is 1. The lowest BCUT2D eigenvalue weighted by Gasteiger charge is -2.30. The summed E-state index contributed by atoms with van der Waals surface area (Å²) in [5.74, 6) is -1.72. The summed E-state index contributed by atoms with van der Waals surface area (Å²) in [5.41, 5.74) is 3.75. The van der Waals surface area contributed by atoms with Crippen LogP contribution < -0.4 is 5.32 Å². The third-order valence-electron chi connectivity index (χ3n) is 7.90. The summed E-state index contributed by atoms with van der Waals surface area (Å²) < 4.78 is 20.1. The van der Waals surface area contributed by atoms with E-state index in [-0.39, 0.29) is 43.2 Å². The SMILES string of the molecule is CC(=O)N1CCC(c2nn(CC(=O)NCc3cn(CC(=O)O)nn3)c3cccc(-c4cc5c(cnn5C)cc4F)c23)CC1. The van der Waals surface area contributed by atoms with Crippen molar-refractivity contribution in [2.45, 2.75) is 45.3 Å². The Morgan fingerprint density at radius 2 is 1.88 bits per heavy atom. The molecule has 14 heteroatoms. The van der Waals surface area contributed by atoms with Crippen LogP contribution in [0.3, 0.4) is 0 Å². The van der Waals surface area contributed by atoms with Crippen molar-refractivity contribution >= 4 is 39.6 Å². The molecule has 2 aromatic carbocycles. The molecular formula is C29H30FN9O4. The molecule has 3 aromatic heterocycles. The molecule has 222 valence electrons. The maximum Gasteiger partial charge on any atom is 0.325 e. The Morgan fingerprint density at radius 3 is 2.63 bits per heavy atom. The zero-order chi connectivity index (χ0) is 30.2. The summed E-state index contributed by atoms with van der Waals surface area (Å²) >= 11 is 0. The van der Waals surface area contributed by atoms with E-state index in [4.69, 9.17) is 10.2 Å². The second-order valence-electron chi connectivity index (χ2n) is 10.8. The van der Waals surface area contributed by atoms with E-state index < -0.39 is 5.97 Å². The molecule has 1 aliphatic rings. The molecule has 2 N–H and O–H groups in total. The van der Waals surface area contributed by atoms with Crippen LogP contribution >= 0.6 is 0 Å². The summed E-state index contributed by atoms with van der Waals surface area (Å²) in [6, 6.07) is 8.82. The second kappa shape index (κ2) is 11.3. The van der Waals surface area contributed by atoms with Gasteiger partial charge >= 0.3 is 5.97 Å². The molecule has 0 aliphatic carbocycles. The van der Waals surface area contributed by atoms with Gasteiger partial charge in [0.2, 0.25) is 11.8 Å². The van der Waals surface area contributed by atoms with Gasteiger partial charge in [-0.1, -0.05) is 17.3 Å². The number of aromatic nitrogens is 7. The average Bonchev–Trinajstić information content (AvgIpc) is 3.68. The van der Waals surface area contributed by atoms with E-state index in [2.05, 4.69) is 20.7 Å². The fraction of sp³-hybridized carbons (Fsp3) is 0.345. The number of nitrogens with zero attached hydrogens (tertiary/aromatic N) is 8. The number of carboxylic acid groups (broad SMARTS) is 1. The highest BCUT2D eigenvalue weighted by Gasteiger charge is 2.28. The van der Waals surface area contributed by atoms with E-state index in [1.807, 2.05) is 30.1 Å². The lowest BCUT2D eigenvalue weighted by atomic mass is 9.89. The summed E-state index contributed by atoms with van der Waals surface area (Å²) in [4.78, 5) is 37.7. The number of carbonyl (C=O) groups is 3. The van der Waals surface area contributed by atoms with Gasteiger partial charge in [-0.15, -0.1) is 5.10 Å². The van der Waals surface area contributed by atoms with Crippen LogP contribution in [0.5, 0.6) is 0 Å². The van der Waals surface area contributed by atoms with Gasteiger partial charge in [-0.05, 0) is 36.6 Å². The summed E-state index contributed by atoms with van der Waals surface area (Å²) in [5, 5.41) is 30.0. The first kappa shape index (κ1) is 28.0. The second-order valence-corrected chi connectivity index (χ2v) is 10.8. The summed E-state index contributed by atoms with van der Waals surface area (Å²) in [6.45, 7) is 2.38. The molecule has 2 amide bonds. The smallest absolute Gasteiger partial charge is 0.325 e. The number of nitrogens with one attached hydrogen (secondary N) is 1. The molecular weight excluding hydrogens is 557 g/mol. The molecule has 0 unspecified atom stereocenters. The Bertz CT molecular complexity index is 1870. The van der Waals surface area contributed by atoms with Crippen molar-refractivity contribution in [3.63, 3.8) is 0 Å². The predicted octanol–water partition coefficient (Wildman–Crippen LogP) is 2.45. The number of carboxylic acids is 1. The van der Waals surface area contributed by atoms with Crippen molar-refractivity contribution in [2.24, 2.45) is 7.05 Å². The molecule has 1 saturated heterocycles. The monoisotopic (exact) mass is 587 g/mol. The first-order valence-electron chi connectivity index (χ1n) is 13.9. The Kier molecular flexibility index (Phi) is 7.34. The topological polar surface area (TPSA) is 153 Å². The van der Waals surface area contributed by atoms with Crippen molar-refractivity contribution in [3.05, 3.63) is 59.9 Å². The van der Waals surface area contributed by atoms with Crippen LogP contribution in [-0.2, 0) is 41.1 Å². The Balaban J connectivity index is 1.35. The van der Waals surface area contributed by atoms with Gasteiger partial charge in [0.1, 0.15) is 24.6 Å². The highest BCUT2D eigenvalue weighted by Crippen LogP contribution is 2.39. The van der Waals surface area contributed by atoms with Gasteiger partial charge in [-0.25, -0.2) is 9.07 Å².